The Labute approximate surface area is 109 Å². The van der Waals surface area contributed by atoms with Crippen molar-refractivity contribution in [3.63, 3.8) is 0 Å². The Morgan fingerprint density at radius 2 is 2.19 bits per heavy atom. The second kappa shape index (κ2) is 6.23. The van der Waals surface area contributed by atoms with E-state index in [1.807, 2.05) is 0 Å². The van der Waals surface area contributed by atoms with E-state index in [9.17, 15) is 4.79 Å². The minimum atomic E-state index is -0.726. The first-order chi connectivity index (χ1) is 7.54. The van der Waals surface area contributed by atoms with Gasteiger partial charge in [-0.25, -0.2) is 0 Å². The first kappa shape index (κ1) is 13.5. The number of primary amides is 1. The van der Waals surface area contributed by atoms with E-state index in [4.69, 9.17) is 33.7 Å². The number of nitrogens with two attached hydrogens (primary N) is 1. The Hall–Kier alpha value is -0.580. The Morgan fingerprint density at radius 3 is 2.69 bits per heavy atom. The Kier molecular flexibility index (Phi) is 5.25. The highest BCUT2D eigenvalue weighted by Gasteiger charge is 2.17. The summed E-state index contributed by atoms with van der Waals surface area (Å²) in [4.78, 5) is 11.1. The van der Waals surface area contributed by atoms with Crippen molar-refractivity contribution >= 4 is 41.7 Å². The molecule has 1 atom stereocenters. The standard InChI is InChI=1S/C10H11Cl2NO2S/c11-6-1-2-8(7(12)5-6)15-9(3-4-16)10(13)14/h1-2,5,9,16H,3-4H2,(H2,13,14). The molecule has 0 aliphatic heterocycles. The van der Waals surface area contributed by atoms with Crippen LogP contribution in [0.3, 0.4) is 0 Å². The predicted molar refractivity (Wildman–Crippen MR) is 68.5 cm³/mol. The topological polar surface area (TPSA) is 52.3 Å². The highest BCUT2D eigenvalue weighted by molar-refractivity contribution is 7.80. The molecule has 0 aliphatic rings. The van der Waals surface area contributed by atoms with Crippen LogP contribution < -0.4 is 10.5 Å². The first-order valence-electron chi connectivity index (χ1n) is 4.56. The molecule has 0 bridgehead atoms. The molecule has 3 nitrogen and oxygen atoms in total. The summed E-state index contributed by atoms with van der Waals surface area (Å²) in [6.07, 6.45) is -0.298. The van der Waals surface area contributed by atoms with Crippen molar-refractivity contribution in [2.75, 3.05) is 5.75 Å². The SMILES string of the molecule is NC(=O)C(CCS)Oc1ccc(Cl)cc1Cl. The second-order valence-electron chi connectivity index (χ2n) is 3.10. The van der Waals surface area contributed by atoms with Crippen molar-refractivity contribution in [3.05, 3.63) is 28.2 Å². The molecule has 1 amide bonds. The van der Waals surface area contributed by atoms with Crippen LogP contribution in [0.25, 0.3) is 0 Å². The van der Waals surface area contributed by atoms with Gasteiger partial charge in [-0.2, -0.15) is 12.6 Å². The van der Waals surface area contributed by atoms with Crippen LogP contribution in [0.4, 0.5) is 0 Å². The smallest absolute Gasteiger partial charge is 0.258 e. The van der Waals surface area contributed by atoms with Gasteiger partial charge in [0.1, 0.15) is 5.75 Å². The number of thiol groups is 1. The first-order valence-corrected chi connectivity index (χ1v) is 5.95. The Morgan fingerprint density at radius 1 is 1.50 bits per heavy atom. The van der Waals surface area contributed by atoms with E-state index in [0.29, 0.717) is 28.0 Å². The van der Waals surface area contributed by atoms with Gasteiger partial charge in [-0.3, -0.25) is 4.79 Å². The van der Waals surface area contributed by atoms with Gasteiger partial charge >= 0.3 is 0 Å². The number of hydrogen-bond acceptors (Lipinski definition) is 3. The number of ether oxygens (including phenoxy) is 1. The molecular weight excluding hydrogens is 269 g/mol. The van der Waals surface area contributed by atoms with Gasteiger partial charge in [0.25, 0.3) is 5.91 Å². The summed E-state index contributed by atoms with van der Waals surface area (Å²) in [5, 5.41) is 0.847. The van der Waals surface area contributed by atoms with E-state index in [1.165, 1.54) is 6.07 Å². The van der Waals surface area contributed by atoms with Crippen LogP contribution in [0.5, 0.6) is 5.75 Å². The molecule has 1 aromatic rings. The van der Waals surface area contributed by atoms with E-state index in [-0.39, 0.29) is 0 Å². The minimum Gasteiger partial charge on any atom is -0.479 e. The number of carbonyl (C=O) groups is 1. The average Bonchev–Trinajstić information content (AvgIpc) is 2.20. The second-order valence-corrected chi connectivity index (χ2v) is 4.39. The lowest BCUT2D eigenvalue weighted by atomic mass is 10.2. The van der Waals surface area contributed by atoms with Crippen LogP contribution >= 0.6 is 35.8 Å². The van der Waals surface area contributed by atoms with Gasteiger partial charge in [-0.05, 0) is 24.0 Å². The van der Waals surface area contributed by atoms with Crippen LogP contribution in [0.2, 0.25) is 10.0 Å². The summed E-state index contributed by atoms with van der Waals surface area (Å²) < 4.78 is 5.39. The van der Waals surface area contributed by atoms with Crippen molar-refractivity contribution in [3.8, 4) is 5.75 Å². The molecule has 0 aliphatic carbocycles. The lowest BCUT2D eigenvalue weighted by Crippen LogP contribution is -2.34. The maximum Gasteiger partial charge on any atom is 0.258 e. The molecule has 88 valence electrons. The number of benzene rings is 1. The average molecular weight is 280 g/mol. The predicted octanol–water partition coefficient (Wildman–Crippen LogP) is 2.55. The molecule has 0 aromatic heterocycles. The van der Waals surface area contributed by atoms with Crippen LogP contribution in [0, 0.1) is 0 Å². The fourth-order valence-corrected chi connectivity index (χ4v) is 1.79. The third kappa shape index (κ3) is 3.77. The third-order valence-corrected chi connectivity index (χ3v) is 2.66. The molecule has 0 heterocycles. The lowest BCUT2D eigenvalue weighted by molar-refractivity contribution is -0.124. The van der Waals surface area contributed by atoms with Gasteiger partial charge in [0, 0.05) is 11.4 Å². The summed E-state index contributed by atoms with van der Waals surface area (Å²) in [6.45, 7) is 0. The van der Waals surface area contributed by atoms with Crippen molar-refractivity contribution in [1.82, 2.24) is 0 Å². The number of halogens is 2. The van der Waals surface area contributed by atoms with Crippen LogP contribution in [-0.2, 0) is 4.79 Å². The molecule has 0 spiro atoms. The molecule has 0 saturated carbocycles. The minimum absolute atomic E-state index is 0.345. The zero-order chi connectivity index (χ0) is 12.1. The van der Waals surface area contributed by atoms with Gasteiger partial charge in [-0.1, -0.05) is 23.2 Å². The van der Waals surface area contributed by atoms with E-state index >= 15 is 0 Å². The van der Waals surface area contributed by atoms with Crippen molar-refractivity contribution in [2.24, 2.45) is 5.73 Å². The van der Waals surface area contributed by atoms with E-state index in [1.54, 1.807) is 12.1 Å². The normalized spacial score (nSPS) is 12.2. The van der Waals surface area contributed by atoms with Crippen molar-refractivity contribution in [2.45, 2.75) is 12.5 Å². The van der Waals surface area contributed by atoms with Gasteiger partial charge in [0.2, 0.25) is 0 Å². The number of amides is 1. The maximum atomic E-state index is 11.1. The van der Waals surface area contributed by atoms with E-state index in [0.717, 1.165) is 0 Å². The number of carbonyl (C=O) groups excluding carboxylic acids is 1. The quantitative estimate of drug-likeness (QED) is 0.814. The van der Waals surface area contributed by atoms with E-state index in [2.05, 4.69) is 12.6 Å². The molecule has 16 heavy (non-hydrogen) atoms. The molecule has 1 rings (SSSR count). The summed E-state index contributed by atoms with van der Waals surface area (Å²) in [5.74, 6) is 0.343. The molecule has 2 N–H and O–H groups in total. The number of rotatable bonds is 5. The van der Waals surface area contributed by atoms with Crippen molar-refractivity contribution < 1.29 is 9.53 Å². The van der Waals surface area contributed by atoms with Crippen LogP contribution in [0.15, 0.2) is 18.2 Å². The summed E-state index contributed by atoms with van der Waals surface area (Å²) in [7, 11) is 0. The Bertz CT molecular complexity index is 387. The molecule has 1 unspecified atom stereocenters. The fraction of sp³-hybridized carbons (Fsp3) is 0.300. The monoisotopic (exact) mass is 279 g/mol. The summed E-state index contributed by atoms with van der Waals surface area (Å²) in [6, 6.07) is 4.76. The highest BCUT2D eigenvalue weighted by atomic mass is 35.5. The van der Waals surface area contributed by atoms with Crippen molar-refractivity contribution in [1.29, 1.82) is 0 Å². The largest absolute Gasteiger partial charge is 0.479 e. The van der Waals surface area contributed by atoms with E-state index < -0.39 is 12.0 Å². The van der Waals surface area contributed by atoms with Gasteiger partial charge in [0.05, 0.1) is 5.02 Å². The molecule has 0 saturated heterocycles. The molecule has 0 fully saturated rings. The van der Waals surface area contributed by atoms with Crippen LogP contribution in [-0.4, -0.2) is 17.8 Å². The van der Waals surface area contributed by atoms with Crippen LogP contribution in [0.1, 0.15) is 6.42 Å². The summed E-state index contributed by atoms with van der Waals surface area (Å²) in [5.41, 5.74) is 5.18. The van der Waals surface area contributed by atoms with Gasteiger partial charge < -0.3 is 10.5 Å². The van der Waals surface area contributed by atoms with Gasteiger partial charge in [-0.15, -0.1) is 0 Å². The molecule has 6 heteroatoms. The molecule has 1 aromatic carbocycles. The Balaban J connectivity index is 2.81. The summed E-state index contributed by atoms with van der Waals surface area (Å²) >= 11 is 15.7. The number of hydrogen-bond donors (Lipinski definition) is 2. The van der Waals surface area contributed by atoms with Gasteiger partial charge in [0.15, 0.2) is 6.10 Å². The lowest BCUT2D eigenvalue weighted by Gasteiger charge is -2.15. The zero-order valence-corrected chi connectivity index (χ0v) is 10.7. The third-order valence-electron chi connectivity index (χ3n) is 1.87. The molecule has 0 radical (unpaired) electrons. The maximum absolute atomic E-state index is 11.1. The highest BCUT2D eigenvalue weighted by Crippen LogP contribution is 2.28. The zero-order valence-electron chi connectivity index (χ0n) is 8.32. The molecular formula is C10H11Cl2NO2S. The fourth-order valence-electron chi connectivity index (χ4n) is 1.10.